The lowest BCUT2D eigenvalue weighted by atomic mass is 10.1. The SMILES string of the molecule is NC(C(=O)N1CC[C@H](F)C1)C(O)c1ccsc1. The fourth-order valence-electron chi connectivity index (χ4n) is 1.91. The molecule has 6 heteroatoms. The molecule has 0 spiro atoms. The van der Waals surface area contributed by atoms with Crippen LogP contribution in [-0.4, -0.2) is 41.2 Å². The van der Waals surface area contributed by atoms with Crippen LogP contribution in [0.1, 0.15) is 18.1 Å². The first kappa shape index (κ1) is 12.5. The van der Waals surface area contributed by atoms with Gasteiger partial charge in [0.05, 0.1) is 6.54 Å². The normalized spacial score (nSPS) is 23.7. The zero-order valence-corrected chi connectivity index (χ0v) is 10.1. The van der Waals surface area contributed by atoms with Crippen molar-refractivity contribution in [2.45, 2.75) is 24.7 Å². The highest BCUT2D eigenvalue weighted by molar-refractivity contribution is 7.07. The monoisotopic (exact) mass is 258 g/mol. The number of alkyl halides is 1. The predicted octanol–water partition coefficient (Wildman–Crippen LogP) is 0.679. The van der Waals surface area contributed by atoms with Crippen molar-refractivity contribution in [2.24, 2.45) is 5.73 Å². The minimum absolute atomic E-state index is 0.0862. The Morgan fingerprint density at radius 1 is 1.71 bits per heavy atom. The molecule has 1 aromatic rings. The van der Waals surface area contributed by atoms with Gasteiger partial charge in [0.15, 0.2) is 0 Å². The maximum Gasteiger partial charge on any atom is 0.242 e. The van der Waals surface area contributed by atoms with E-state index in [9.17, 15) is 14.3 Å². The van der Waals surface area contributed by atoms with Gasteiger partial charge in [-0.2, -0.15) is 11.3 Å². The van der Waals surface area contributed by atoms with Gasteiger partial charge in [0.25, 0.3) is 0 Å². The van der Waals surface area contributed by atoms with Crippen LogP contribution in [0.2, 0.25) is 0 Å². The number of aliphatic hydroxyl groups is 1. The zero-order chi connectivity index (χ0) is 12.4. The third-order valence-corrected chi connectivity index (χ3v) is 3.65. The Labute approximate surface area is 103 Å². The molecule has 1 amide bonds. The summed E-state index contributed by atoms with van der Waals surface area (Å²) in [6.07, 6.45) is -1.63. The van der Waals surface area contributed by atoms with E-state index in [1.54, 1.807) is 11.4 Å². The molecule has 1 fully saturated rings. The molecule has 1 aromatic heterocycles. The average Bonchev–Trinajstić information content (AvgIpc) is 2.96. The van der Waals surface area contributed by atoms with Gasteiger partial charge in [-0.3, -0.25) is 4.79 Å². The van der Waals surface area contributed by atoms with Crippen LogP contribution in [0.15, 0.2) is 16.8 Å². The number of rotatable bonds is 3. The summed E-state index contributed by atoms with van der Waals surface area (Å²) in [5, 5.41) is 13.5. The van der Waals surface area contributed by atoms with Gasteiger partial charge < -0.3 is 15.7 Å². The molecule has 3 N–H and O–H groups in total. The van der Waals surface area contributed by atoms with Crippen molar-refractivity contribution in [2.75, 3.05) is 13.1 Å². The molecular formula is C11H15FN2O2S. The van der Waals surface area contributed by atoms with Crippen molar-refractivity contribution in [3.05, 3.63) is 22.4 Å². The predicted molar refractivity (Wildman–Crippen MR) is 63.3 cm³/mol. The lowest BCUT2D eigenvalue weighted by molar-refractivity contribution is -0.134. The van der Waals surface area contributed by atoms with E-state index in [0.29, 0.717) is 18.5 Å². The van der Waals surface area contributed by atoms with Crippen LogP contribution in [-0.2, 0) is 4.79 Å². The highest BCUT2D eigenvalue weighted by atomic mass is 32.1. The topological polar surface area (TPSA) is 66.6 Å². The van der Waals surface area contributed by atoms with E-state index >= 15 is 0 Å². The van der Waals surface area contributed by atoms with Gasteiger partial charge >= 0.3 is 0 Å². The van der Waals surface area contributed by atoms with Gasteiger partial charge in [-0.25, -0.2) is 4.39 Å². The molecule has 1 aliphatic rings. The zero-order valence-electron chi connectivity index (χ0n) is 9.25. The number of hydrogen-bond donors (Lipinski definition) is 2. The molecule has 0 aliphatic carbocycles. The van der Waals surface area contributed by atoms with E-state index in [-0.39, 0.29) is 12.5 Å². The van der Waals surface area contributed by atoms with Crippen LogP contribution in [0.3, 0.4) is 0 Å². The number of amides is 1. The van der Waals surface area contributed by atoms with E-state index in [1.807, 2.05) is 5.38 Å². The summed E-state index contributed by atoms with van der Waals surface area (Å²) >= 11 is 1.43. The van der Waals surface area contributed by atoms with E-state index in [1.165, 1.54) is 16.2 Å². The number of halogens is 1. The largest absolute Gasteiger partial charge is 0.386 e. The number of nitrogens with two attached hydrogens (primary N) is 1. The van der Waals surface area contributed by atoms with Crippen LogP contribution in [0.4, 0.5) is 4.39 Å². The first-order valence-electron chi connectivity index (χ1n) is 5.48. The average molecular weight is 258 g/mol. The van der Waals surface area contributed by atoms with Crippen LogP contribution in [0.25, 0.3) is 0 Å². The molecular weight excluding hydrogens is 243 g/mol. The number of carbonyl (C=O) groups is 1. The third kappa shape index (κ3) is 2.65. The maximum atomic E-state index is 13.0. The minimum atomic E-state index is -1.02. The second-order valence-corrected chi connectivity index (χ2v) is 4.98. The third-order valence-electron chi connectivity index (χ3n) is 2.95. The van der Waals surface area contributed by atoms with Gasteiger partial charge in [-0.05, 0) is 28.8 Å². The fraction of sp³-hybridized carbons (Fsp3) is 0.545. The summed E-state index contributed by atoms with van der Waals surface area (Å²) in [5.41, 5.74) is 6.35. The molecule has 17 heavy (non-hydrogen) atoms. The number of carbonyl (C=O) groups excluding carboxylic acids is 1. The van der Waals surface area contributed by atoms with Crippen LogP contribution in [0.5, 0.6) is 0 Å². The number of thiophene rings is 1. The van der Waals surface area contributed by atoms with Crippen LogP contribution >= 0.6 is 11.3 Å². The van der Waals surface area contributed by atoms with Gasteiger partial charge in [0.2, 0.25) is 5.91 Å². The highest BCUT2D eigenvalue weighted by Crippen LogP contribution is 2.21. The molecule has 3 atom stereocenters. The molecule has 2 heterocycles. The van der Waals surface area contributed by atoms with E-state index < -0.39 is 18.3 Å². The van der Waals surface area contributed by atoms with Crippen molar-refractivity contribution in [1.29, 1.82) is 0 Å². The number of likely N-dealkylation sites (tertiary alicyclic amines) is 1. The summed E-state index contributed by atoms with van der Waals surface area (Å²) < 4.78 is 13.0. The van der Waals surface area contributed by atoms with Crippen molar-refractivity contribution in [3.63, 3.8) is 0 Å². The van der Waals surface area contributed by atoms with Crippen molar-refractivity contribution in [1.82, 2.24) is 4.90 Å². The van der Waals surface area contributed by atoms with E-state index in [2.05, 4.69) is 0 Å². The van der Waals surface area contributed by atoms with Crippen molar-refractivity contribution < 1.29 is 14.3 Å². The van der Waals surface area contributed by atoms with Crippen LogP contribution < -0.4 is 5.73 Å². The Balaban J connectivity index is 2.00. The Kier molecular flexibility index (Phi) is 3.76. The summed E-state index contributed by atoms with van der Waals surface area (Å²) in [6, 6.07) is 0.708. The van der Waals surface area contributed by atoms with Gasteiger partial charge in [0, 0.05) is 6.54 Å². The quantitative estimate of drug-likeness (QED) is 0.838. The maximum absolute atomic E-state index is 13.0. The first-order valence-corrected chi connectivity index (χ1v) is 6.42. The Bertz CT molecular complexity index is 385. The summed E-state index contributed by atoms with van der Waals surface area (Å²) in [7, 11) is 0. The van der Waals surface area contributed by atoms with E-state index in [0.717, 1.165) is 0 Å². The van der Waals surface area contributed by atoms with Gasteiger partial charge in [0.1, 0.15) is 18.3 Å². The molecule has 0 aromatic carbocycles. The summed E-state index contributed by atoms with van der Waals surface area (Å²) in [4.78, 5) is 13.3. The summed E-state index contributed by atoms with van der Waals surface area (Å²) in [5.74, 6) is -0.385. The molecule has 1 aliphatic heterocycles. The molecule has 1 saturated heterocycles. The Morgan fingerprint density at radius 2 is 2.47 bits per heavy atom. The number of nitrogens with zero attached hydrogens (tertiary/aromatic N) is 1. The number of aliphatic hydroxyl groups excluding tert-OH is 1. The molecule has 94 valence electrons. The highest BCUT2D eigenvalue weighted by Gasteiger charge is 2.32. The van der Waals surface area contributed by atoms with Crippen molar-refractivity contribution >= 4 is 17.2 Å². The van der Waals surface area contributed by atoms with Crippen LogP contribution in [0, 0.1) is 0 Å². The molecule has 2 unspecified atom stereocenters. The lowest BCUT2D eigenvalue weighted by Crippen LogP contribution is -2.46. The Hall–Kier alpha value is -0.980. The fourth-order valence-corrected chi connectivity index (χ4v) is 2.60. The van der Waals surface area contributed by atoms with Gasteiger partial charge in [-0.15, -0.1) is 0 Å². The van der Waals surface area contributed by atoms with Gasteiger partial charge in [-0.1, -0.05) is 0 Å². The molecule has 0 bridgehead atoms. The minimum Gasteiger partial charge on any atom is -0.386 e. The lowest BCUT2D eigenvalue weighted by Gasteiger charge is -2.23. The molecule has 2 rings (SSSR count). The number of hydrogen-bond acceptors (Lipinski definition) is 4. The Morgan fingerprint density at radius 3 is 3.00 bits per heavy atom. The molecule has 0 saturated carbocycles. The van der Waals surface area contributed by atoms with Crippen molar-refractivity contribution in [3.8, 4) is 0 Å². The second kappa shape index (κ2) is 5.12. The standard InChI is InChI=1S/C11H15FN2O2S/c12-8-1-3-14(5-8)11(16)9(13)10(15)7-2-4-17-6-7/h2,4,6,8-10,15H,1,3,5,13H2/t8-,9?,10?/m0/s1. The first-order chi connectivity index (χ1) is 8.09. The second-order valence-electron chi connectivity index (χ2n) is 4.20. The molecule has 0 radical (unpaired) electrons. The van der Waals surface area contributed by atoms with E-state index in [4.69, 9.17) is 5.73 Å². The summed E-state index contributed by atoms with van der Waals surface area (Å²) in [6.45, 7) is 0.465. The molecule has 4 nitrogen and oxygen atoms in total. The smallest absolute Gasteiger partial charge is 0.242 e.